The molecule has 0 saturated carbocycles. The number of benzene rings is 1. The standard InChI is InChI=1S/C20H28N2O2/c1-21-10-9-20(19(21)23)15-22(13-16-7-11-24-12-8-16)14-18(20)17-5-3-2-4-6-17/h2-6,16,18H,7-15H2,1H3/t18-,20+/m0/s1. The van der Waals surface area contributed by atoms with Gasteiger partial charge in [0, 0.05) is 52.4 Å². The summed E-state index contributed by atoms with van der Waals surface area (Å²) in [5.74, 6) is 1.40. The predicted molar refractivity (Wildman–Crippen MR) is 93.9 cm³/mol. The van der Waals surface area contributed by atoms with Crippen molar-refractivity contribution in [3.63, 3.8) is 0 Å². The molecule has 1 amide bonds. The van der Waals surface area contributed by atoms with Crippen molar-refractivity contribution >= 4 is 5.91 Å². The molecule has 3 aliphatic heterocycles. The first-order valence-corrected chi connectivity index (χ1v) is 9.30. The van der Waals surface area contributed by atoms with E-state index >= 15 is 0 Å². The van der Waals surface area contributed by atoms with Crippen LogP contribution in [-0.4, -0.2) is 62.1 Å². The van der Waals surface area contributed by atoms with E-state index in [1.54, 1.807) is 0 Å². The highest BCUT2D eigenvalue weighted by Gasteiger charge is 2.56. The van der Waals surface area contributed by atoms with E-state index in [-0.39, 0.29) is 5.41 Å². The number of likely N-dealkylation sites (tertiary alicyclic amines) is 2. The maximum absolute atomic E-state index is 13.0. The summed E-state index contributed by atoms with van der Waals surface area (Å²) >= 11 is 0. The molecule has 3 aliphatic rings. The molecule has 1 aromatic carbocycles. The van der Waals surface area contributed by atoms with E-state index in [2.05, 4.69) is 35.2 Å². The monoisotopic (exact) mass is 328 g/mol. The van der Waals surface area contributed by atoms with Gasteiger partial charge in [0.15, 0.2) is 0 Å². The smallest absolute Gasteiger partial charge is 0.230 e. The fourth-order valence-electron chi connectivity index (χ4n) is 4.98. The van der Waals surface area contributed by atoms with E-state index in [0.717, 1.165) is 64.6 Å². The molecular formula is C20H28N2O2. The Morgan fingerprint density at radius 1 is 1.21 bits per heavy atom. The Morgan fingerprint density at radius 3 is 2.62 bits per heavy atom. The van der Waals surface area contributed by atoms with E-state index in [1.807, 2.05) is 11.9 Å². The van der Waals surface area contributed by atoms with Crippen molar-refractivity contribution in [2.24, 2.45) is 11.3 Å². The zero-order chi connectivity index (χ0) is 16.6. The number of ether oxygens (including phenoxy) is 1. The van der Waals surface area contributed by atoms with E-state index in [4.69, 9.17) is 4.74 Å². The van der Waals surface area contributed by atoms with E-state index in [1.165, 1.54) is 5.56 Å². The zero-order valence-corrected chi connectivity index (χ0v) is 14.6. The van der Waals surface area contributed by atoms with Crippen LogP contribution in [0.3, 0.4) is 0 Å². The second-order valence-corrected chi connectivity index (χ2v) is 7.85. The number of carbonyl (C=O) groups is 1. The van der Waals surface area contributed by atoms with Crippen LogP contribution in [0.4, 0.5) is 0 Å². The number of hydrogen-bond donors (Lipinski definition) is 0. The average molecular weight is 328 g/mol. The molecule has 2 atom stereocenters. The molecule has 24 heavy (non-hydrogen) atoms. The van der Waals surface area contributed by atoms with E-state index in [0.29, 0.717) is 11.8 Å². The fraction of sp³-hybridized carbons (Fsp3) is 0.650. The summed E-state index contributed by atoms with van der Waals surface area (Å²) in [6.45, 7) is 5.74. The van der Waals surface area contributed by atoms with Gasteiger partial charge in [0.1, 0.15) is 0 Å². The fourth-order valence-corrected chi connectivity index (χ4v) is 4.98. The number of carbonyl (C=O) groups excluding carboxylic acids is 1. The van der Waals surface area contributed by atoms with Crippen molar-refractivity contribution in [2.75, 3.05) is 46.4 Å². The van der Waals surface area contributed by atoms with Crippen LogP contribution in [0.1, 0.15) is 30.7 Å². The van der Waals surface area contributed by atoms with Crippen LogP contribution in [0.2, 0.25) is 0 Å². The van der Waals surface area contributed by atoms with Gasteiger partial charge in [0.25, 0.3) is 0 Å². The Bertz CT molecular complexity index is 585. The van der Waals surface area contributed by atoms with Gasteiger partial charge in [-0.15, -0.1) is 0 Å². The first-order chi connectivity index (χ1) is 11.7. The van der Waals surface area contributed by atoms with Crippen LogP contribution in [0.15, 0.2) is 30.3 Å². The van der Waals surface area contributed by atoms with E-state index in [9.17, 15) is 4.79 Å². The van der Waals surface area contributed by atoms with Crippen molar-refractivity contribution in [3.8, 4) is 0 Å². The molecule has 3 fully saturated rings. The summed E-state index contributed by atoms with van der Waals surface area (Å²) in [6.07, 6.45) is 3.31. The lowest BCUT2D eigenvalue weighted by atomic mass is 9.73. The highest BCUT2D eigenvalue weighted by molar-refractivity contribution is 5.86. The van der Waals surface area contributed by atoms with Crippen molar-refractivity contribution in [1.82, 2.24) is 9.80 Å². The van der Waals surface area contributed by atoms with Gasteiger partial charge in [0.2, 0.25) is 5.91 Å². The van der Waals surface area contributed by atoms with Crippen molar-refractivity contribution in [1.29, 1.82) is 0 Å². The molecule has 0 N–H and O–H groups in total. The number of rotatable bonds is 3. The zero-order valence-electron chi connectivity index (χ0n) is 14.6. The van der Waals surface area contributed by atoms with Crippen LogP contribution in [0.5, 0.6) is 0 Å². The van der Waals surface area contributed by atoms with Gasteiger partial charge in [0.05, 0.1) is 5.41 Å². The van der Waals surface area contributed by atoms with Gasteiger partial charge in [-0.1, -0.05) is 30.3 Å². The second kappa shape index (κ2) is 6.49. The molecule has 3 saturated heterocycles. The molecule has 1 spiro atoms. The van der Waals surface area contributed by atoms with Crippen LogP contribution in [0, 0.1) is 11.3 Å². The second-order valence-electron chi connectivity index (χ2n) is 7.85. The molecule has 130 valence electrons. The largest absolute Gasteiger partial charge is 0.381 e. The van der Waals surface area contributed by atoms with Crippen molar-refractivity contribution in [2.45, 2.75) is 25.2 Å². The minimum absolute atomic E-state index is 0.207. The summed E-state index contributed by atoms with van der Waals surface area (Å²) in [7, 11) is 1.96. The maximum atomic E-state index is 13.0. The summed E-state index contributed by atoms with van der Waals surface area (Å²) in [5.41, 5.74) is 1.12. The Morgan fingerprint density at radius 2 is 1.96 bits per heavy atom. The lowest BCUT2D eigenvalue weighted by molar-refractivity contribution is -0.135. The van der Waals surface area contributed by atoms with Gasteiger partial charge < -0.3 is 14.5 Å². The van der Waals surface area contributed by atoms with Gasteiger partial charge in [-0.3, -0.25) is 4.79 Å². The number of amides is 1. The lowest BCUT2D eigenvalue weighted by Gasteiger charge is -2.29. The molecule has 0 unspecified atom stereocenters. The Labute approximate surface area is 144 Å². The SMILES string of the molecule is CN1CC[C@]2(CN(CC3CCOCC3)C[C@H]2c2ccccc2)C1=O. The minimum atomic E-state index is -0.207. The van der Waals surface area contributed by atoms with Gasteiger partial charge in [-0.05, 0) is 30.7 Å². The van der Waals surface area contributed by atoms with Crippen LogP contribution < -0.4 is 0 Å². The van der Waals surface area contributed by atoms with E-state index < -0.39 is 0 Å². The molecule has 0 radical (unpaired) electrons. The number of hydrogen-bond acceptors (Lipinski definition) is 3. The van der Waals surface area contributed by atoms with Crippen molar-refractivity contribution < 1.29 is 9.53 Å². The van der Waals surface area contributed by atoms with Gasteiger partial charge in [-0.2, -0.15) is 0 Å². The topological polar surface area (TPSA) is 32.8 Å². The molecule has 0 bridgehead atoms. The summed E-state index contributed by atoms with van der Waals surface area (Å²) in [4.78, 5) is 17.5. The van der Waals surface area contributed by atoms with Crippen LogP contribution >= 0.6 is 0 Å². The van der Waals surface area contributed by atoms with Gasteiger partial charge >= 0.3 is 0 Å². The third-order valence-electron chi connectivity index (χ3n) is 6.34. The molecule has 1 aromatic rings. The first-order valence-electron chi connectivity index (χ1n) is 9.30. The molecule has 0 aromatic heterocycles. The molecule has 0 aliphatic carbocycles. The Hall–Kier alpha value is -1.39. The van der Waals surface area contributed by atoms with Gasteiger partial charge in [-0.25, -0.2) is 0 Å². The summed E-state index contributed by atoms with van der Waals surface area (Å²) in [5, 5.41) is 0. The lowest BCUT2D eigenvalue weighted by Crippen LogP contribution is -2.39. The molecule has 4 nitrogen and oxygen atoms in total. The normalized spacial score (nSPS) is 32.1. The highest BCUT2D eigenvalue weighted by atomic mass is 16.5. The average Bonchev–Trinajstić information content (AvgIpc) is 3.12. The molecule has 3 heterocycles. The minimum Gasteiger partial charge on any atom is -0.381 e. The Kier molecular flexibility index (Phi) is 4.35. The first kappa shape index (κ1) is 16.1. The van der Waals surface area contributed by atoms with Crippen LogP contribution in [-0.2, 0) is 9.53 Å². The summed E-state index contributed by atoms with van der Waals surface area (Å²) in [6, 6.07) is 10.7. The highest BCUT2D eigenvalue weighted by Crippen LogP contribution is 2.49. The summed E-state index contributed by atoms with van der Waals surface area (Å²) < 4.78 is 5.50. The van der Waals surface area contributed by atoms with Crippen molar-refractivity contribution in [3.05, 3.63) is 35.9 Å². The maximum Gasteiger partial charge on any atom is 0.230 e. The Balaban J connectivity index is 1.57. The number of nitrogens with zero attached hydrogens (tertiary/aromatic N) is 2. The van der Waals surface area contributed by atoms with Crippen LogP contribution in [0.25, 0.3) is 0 Å². The molecule has 4 heteroatoms. The third-order valence-corrected chi connectivity index (χ3v) is 6.34. The molecule has 4 rings (SSSR count). The predicted octanol–water partition coefficient (Wildman–Crippen LogP) is 2.36. The molecular weight excluding hydrogens is 300 g/mol. The quantitative estimate of drug-likeness (QED) is 0.854. The third kappa shape index (κ3) is 2.76.